The minimum absolute atomic E-state index is 0.322. The van der Waals surface area contributed by atoms with E-state index in [1.54, 1.807) is 6.07 Å². The molecule has 0 aliphatic carbocycles. The monoisotopic (exact) mass is 403 g/mol. The summed E-state index contributed by atoms with van der Waals surface area (Å²) < 4.78 is 14.0. The maximum absolute atomic E-state index is 14.0. The molecule has 0 radical (unpaired) electrons. The standard InChI is InChI=1S/C27H30FNO/c1-16(2)13-14-29-23-10-7-21(8-11-23)26-17(3)19(5)27(20(6)18(26)4)22-9-12-25(30)24(28)15-22/h7-13,15,29-30H,14H2,1-6H3. The first kappa shape index (κ1) is 21.6. The van der Waals surface area contributed by atoms with Gasteiger partial charge in [-0.1, -0.05) is 29.8 Å². The average Bonchev–Trinajstić information content (AvgIpc) is 2.70. The van der Waals surface area contributed by atoms with Crippen LogP contribution in [0.2, 0.25) is 0 Å². The van der Waals surface area contributed by atoms with Crippen LogP contribution < -0.4 is 5.32 Å². The molecule has 0 bridgehead atoms. The van der Waals surface area contributed by atoms with E-state index in [0.29, 0.717) is 0 Å². The Bertz CT molecular complexity index is 1080. The lowest BCUT2D eigenvalue weighted by Gasteiger charge is -2.21. The van der Waals surface area contributed by atoms with Crippen LogP contribution in [0, 0.1) is 33.5 Å². The molecule has 0 unspecified atom stereocenters. The number of hydrogen-bond donors (Lipinski definition) is 2. The first-order chi connectivity index (χ1) is 14.2. The molecule has 0 saturated carbocycles. The predicted octanol–water partition coefficient (Wildman–Crippen LogP) is 7.48. The van der Waals surface area contributed by atoms with Gasteiger partial charge in [-0.25, -0.2) is 4.39 Å². The normalized spacial score (nSPS) is 10.8. The van der Waals surface area contributed by atoms with Gasteiger partial charge in [-0.2, -0.15) is 0 Å². The van der Waals surface area contributed by atoms with Crippen molar-refractivity contribution in [2.75, 3.05) is 11.9 Å². The number of nitrogens with one attached hydrogen (secondary N) is 1. The van der Waals surface area contributed by atoms with Crippen LogP contribution in [-0.2, 0) is 0 Å². The fourth-order valence-corrected chi connectivity index (χ4v) is 3.97. The molecule has 2 N–H and O–H groups in total. The average molecular weight is 404 g/mol. The maximum atomic E-state index is 14.0. The van der Waals surface area contributed by atoms with Crippen LogP contribution >= 0.6 is 0 Å². The highest BCUT2D eigenvalue weighted by Gasteiger charge is 2.18. The summed E-state index contributed by atoms with van der Waals surface area (Å²) in [7, 11) is 0. The smallest absolute Gasteiger partial charge is 0.165 e. The predicted molar refractivity (Wildman–Crippen MR) is 126 cm³/mol. The SMILES string of the molecule is CC(C)=CCNc1ccc(-c2c(C)c(C)c(-c3ccc(O)c(F)c3)c(C)c2C)cc1. The molecule has 0 aromatic heterocycles. The van der Waals surface area contributed by atoms with Gasteiger partial charge in [0, 0.05) is 12.2 Å². The Morgan fingerprint density at radius 2 is 1.33 bits per heavy atom. The Balaban J connectivity index is 2.03. The van der Waals surface area contributed by atoms with Crippen molar-refractivity contribution in [1.29, 1.82) is 0 Å². The third-order valence-electron chi connectivity index (χ3n) is 5.85. The second kappa shape index (κ2) is 8.74. The van der Waals surface area contributed by atoms with E-state index in [9.17, 15) is 9.50 Å². The molecular weight excluding hydrogens is 373 g/mol. The topological polar surface area (TPSA) is 32.3 Å². The van der Waals surface area contributed by atoms with Crippen LogP contribution in [0.3, 0.4) is 0 Å². The lowest BCUT2D eigenvalue weighted by Crippen LogP contribution is -2.01. The quantitative estimate of drug-likeness (QED) is 0.433. The third kappa shape index (κ3) is 4.25. The van der Waals surface area contributed by atoms with E-state index in [1.807, 2.05) is 0 Å². The molecule has 0 saturated heterocycles. The van der Waals surface area contributed by atoms with Crippen LogP contribution in [0.5, 0.6) is 5.75 Å². The van der Waals surface area contributed by atoms with E-state index < -0.39 is 5.82 Å². The Morgan fingerprint density at radius 3 is 1.83 bits per heavy atom. The fraction of sp³-hybridized carbons (Fsp3) is 0.259. The van der Waals surface area contributed by atoms with Gasteiger partial charge in [0.1, 0.15) is 0 Å². The third-order valence-corrected chi connectivity index (χ3v) is 5.85. The van der Waals surface area contributed by atoms with Gasteiger partial charge in [0.2, 0.25) is 0 Å². The second-order valence-corrected chi connectivity index (χ2v) is 8.16. The molecule has 0 fully saturated rings. The number of halogens is 1. The van der Waals surface area contributed by atoms with Crippen LogP contribution in [0.15, 0.2) is 54.1 Å². The maximum Gasteiger partial charge on any atom is 0.165 e. The number of rotatable bonds is 5. The molecule has 0 atom stereocenters. The van der Waals surface area contributed by atoms with Gasteiger partial charge >= 0.3 is 0 Å². The van der Waals surface area contributed by atoms with Crippen molar-refractivity contribution in [3.63, 3.8) is 0 Å². The summed E-state index contributed by atoms with van der Waals surface area (Å²) in [6, 6.07) is 13.1. The summed E-state index contributed by atoms with van der Waals surface area (Å²) in [5, 5.41) is 13.0. The van der Waals surface area contributed by atoms with E-state index in [2.05, 4.69) is 77.2 Å². The number of benzene rings is 3. The van der Waals surface area contributed by atoms with Crippen molar-refractivity contribution < 1.29 is 9.50 Å². The highest BCUT2D eigenvalue weighted by molar-refractivity contribution is 5.83. The molecule has 0 spiro atoms. The number of anilines is 1. The van der Waals surface area contributed by atoms with Crippen molar-refractivity contribution in [3.8, 4) is 28.0 Å². The van der Waals surface area contributed by atoms with Crippen molar-refractivity contribution in [3.05, 3.63) is 82.2 Å². The highest BCUT2D eigenvalue weighted by Crippen LogP contribution is 2.40. The number of aromatic hydroxyl groups is 1. The van der Waals surface area contributed by atoms with Gasteiger partial charge in [0.15, 0.2) is 11.6 Å². The molecule has 3 rings (SSSR count). The van der Waals surface area contributed by atoms with Gasteiger partial charge in [-0.15, -0.1) is 0 Å². The fourth-order valence-electron chi connectivity index (χ4n) is 3.97. The largest absolute Gasteiger partial charge is 0.505 e. The Hall–Kier alpha value is -3.07. The zero-order chi connectivity index (χ0) is 22.0. The molecule has 30 heavy (non-hydrogen) atoms. The van der Waals surface area contributed by atoms with Crippen molar-refractivity contribution in [2.24, 2.45) is 0 Å². The summed E-state index contributed by atoms with van der Waals surface area (Å²) in [6.45, 7) is 13.4. The van der Waals surface area contributed by atoms with E-state index in [1.165, 1.54) is 40.0 Å². The summed E-state index contributed by atoms with van der Waals surface area (Å²) in [5.41, 5.74) is 11.2. The van der Waals surface area contributed by atoms with Crippen molar-refractivity contribution in [2.45, 2.75) is 41.5 Å². The zero-order valence-corrected chi connectivity index (χ0v) is 18.7. The van der Waals surface area contributed by atoms with Gasteiger partial charge in [-0.3, -0.25) is 0 Å². The lowest BCUT2D eigenvalue weighted by molar-refractivity contribution is 0.432. The lowest BCUT2D eigenvalue weighted by atomic mass is 9.83. The Kier molecular flexibility index (Phi) is 6.31. The Morgan fingerprint density at radius 1 is 0.833 bits per heavy atom. The number of hydrogen-bond acceptors (Lipinski definition) is 2. The van der Waals surface area contributed by atoms with Gasteiger partial charge < -0.3 is 10.4 Å². The molecule has 0 aliphatic rings. The second-order valence-electron chi connectivity index (χ2n) is 8.16. The summed E-state index contributed by atoms with van der Waals surface area (Å²) in [4.78, 5) is 0. The molecule has 3 heteroatoms. The van der Waals surface area contributed by atoms with Crippen molar-refractivity contribution >= 4 is 5.69 Å². The number of phenolic OH excluding ortho intramolecular Hbond substituents is 1. The Labute approximate surface area is 179 Å². The summed E-state index contributed by atoms with van der Waals surface area (Å²) >= 11 is 0. The van der Waals surface area contributed by atoms with Crippen LogP contribution in [0.4, 0.5) is 10.1 Å². The molecule has 0 amide bonds. The van der Waals surface area contributed by atoms with Crippen LogP contribution in [0.1, 0.15) is 36.1 Å². The van der Waals surface area contributed by atoms with E-state index in [-0.39, 0.29) is 5.75 Å². The number of allylic oxidation sites excluding steroid dienone is 1. The minimum Gasteiger partial charge on any atom is -0.505 e. The van der Waals surface area contributed by atoms with E-state index in [4.69, 9.17) is 0 Å². The van der Waals surface area contributed by atoms with E-state index >= 15 is 0 Å². The van der Waals surface area contributed by atoms with Gasteiger partial charge in [-0.05, 0) is 110 Å². The zero-order valence-electron chi connectivity index (χ0n) is 18.7. The van der Waals surface area contributed by atoms with E-state index in [0.717, 1.165) is 34.5 Å². The minimum atomic E-state index is -0.595. The van der Waals surface area contributed by atoms with Gasteiger partial charge in [0.05, 0.1) is 0 Å². The van der Waals surface area contributed by atoms with Gasteiger partial charge in [0.25, 0.3) is 0 Å². The molecule has 156 valence electrons. The van der Waals surface area contributed by atoms with Crippen LogP contribution in [-0.4, -0.2) is 11.7 Å². The molecule has 3 aromatic rings. The summed E-state index contributed by atoms with van der Waals surface area (Å²) in [6.07, 6.45) is 2.17. The first-order valence-corrected chi connectivity index (χ1v) is 10.3. The molecule has 0 aliphatic heterocycles. The first-order valence-electron chi connectivity index (χ1n) is 10.3. The molecule has 2 nitrogen and oxygen atoms in total. The van der Waals surface area contributed by atoms with Crippen molar-refractivity contribution in [1.82, 2.24) is 0 Å². The molecule has 0 heterocycles. The molecule has 3 aromatic carbocycles. The molecular formula is C27H30FNO. The highest BCUT2D eigenvalue weighted by atomic mass is 19.1. The van der Waals surface area contributed by atoms with Crippen LogP contribution in [0.25, 0.3) is 22.3 Å². The number of phenols is 1. The summed E-state index contributed by atoms with van der Waals surface area (Å²) in [5.74, 6) is -0.917.